The second-order valence-electron chi connectivity index (χ2n) is 5.28. The Hall–Kier alpha value is -0.810. The molecule has 1 saturated carbocycles. The molecule has 1 aromatic heterocycles. The van der Waals surface area contributed by atoms with Crippen LogP contribution in [0.4, 0.5) is 0 Å². The zero-order chi connectivity index (χ0) is 12.5. The van der Waals surface area contributed by atoms with Crippen molar-refractivity contribution in [3.63, 3.8) is 0 Å². The Kier molecular flexibility index (Phi) is 3.32. The lowest BCUT2D eigenvalue weighted by Crippen LogP contribution is -2.29. The number of hydrogen-bond donors (Lipinski definition) is 1. The summed E-state index contributed by atoms with van der Waals surface area (Å²) in [4.78, 5) is 0. The van der Waals surface area contributed by atoms with Crippen LogP contribution in [0.3, 0.4) is 0 Å². The molecule has 1 aliphatic rings. The lowest BCUT2D eigenvalue weighted by molar-refractivity contribution is 0.486. The maximum absolute atomic E-state index is 11.3. The van der Waals surface area contributed by atoms with Gasteiger partial charge in [0.15, 0.2) is 0 Å². The summed E-state index contributed by atoms with van der Waals surface area (Å²) in [6.07, 6.45) is 5.39. The molecule has 5 heteroatoms. The third-order valence-corrected chi connectivity index (χ3v) is 4.52. The van der Waals surface area contributed by atoms with Crippen LogP contribution in [0.2, 0.25) is 0 Å². The van der Waals surface area contributed by atoms with Crippen molar-refractivity contribution in [1.82, 2.24) is 9.88 Å². The minimum absolute atomic E-state index is 0.0126. The summed E-state index contributed by atoms with van der Waals surface area (Å²) in [6.45, 7) is 1.60. The average Bonchev–Trinajstić information content (AvgIpc) is 2.80. The van der Waals surface area contributed by atoms with Gasteiger partial charge >= 0.3 is 0 Å². The molecule has 0 spiro atoms. The van der Waals surface area contributed by atoms with E-state index in [9.17, 15) is 8.42 Å². The lowest BCUT2D eigenvalue weighted by Gasteiger charge is -2.15. The SMILES string of the molecule is Cn1cccc1CNCC1(CS(C)(=O)=O)CC1. The van der Waals surface area contributed by atoms with E-state index in [1.807, 2.05) is 19.3 Å². The minimum Gasteiger partial charge on any atom is -0.353 e. The van der Waals surface area contributed by atoms with Gasteiger partial charge in [-0.05, 0) is 30.4 Å². The number of nitrogens with zero attached hydrogens (tertiary/aromatic N) is 1. The Morgan fingerprint density at radius 1 is 1.47 bits per heavy atom. The molecule has 1 N–H and O–H groups in total. The van der Waals surface area contributed by atoms with Gasteiger partial charge in [0.05, 0.1) is 5.75 Å². The van der Waals surface area contributed by atoms with E-state index < -0.39 is 9.84 Å². The van der Waals surface area contributed by atoms with Gasteiger partial charge in [-0.25, -0.2) is 8.42 Å². The molecule has 2 rings (SSSR count). The van der Waals surface area contributed by atoms with Gasteiger partial charge in [-0.15, -0.1) is 0 Å². The van der Waals surface area contributed by atoms with Gasteiger partial charge in [-0.3, -0.25) is 0 Å². The average molecular weight is 256 g/mol. The fraction of sp³-hybridized carbons (Fsp3) is 0.667. The second-order valence-corrected chi connectivity index (χ2v) is 7.42. The lowest BCUT2D eigenvalue weighted by atomic mass is 10.1. The van der Waals surface area contributed by atoms with E-state index in [0.717, 1.165) is 25.9 Å². The summed E-state index contributed by atoms with van der Waals surface area (Å²) < 4.78 is 24.7. The monoisotopic (exact) mass is 256 g/mol. The highest BCUT2D eigenvalue weighted by molar-refractivity contribution is 7.90. The summed E-state index contributed by atoms with van der Waals surface area (Å²) in [5.74, 6) is 0.320. The number of nitrogens with one attached hydrogen (secondary N) is 1. The number of sulfone groups is 1. The zero-order valence-corrected chi connectivity index (χ0v) is 11.3. The van der Waals surface area contributed by atoms with E-state index in [1.54, 1.807) is 0 Å². The van der Waals surface area contributed by atoms with E-state index in [0.29, 0.717) is 5.75 Å². The van der Waals surface area contributed by atoms with Gasteiger partial charge in [-0.2, -0.15) is 0 Å². The van der Waals surface area contributed by atoms with Crippen LogP contribution in [-0.4, -0.2) is 31.5 Å². The van der Waals surface area contributed by atoms with Crippen molar-refractivity contribution >= 4 is 9.84 Å². The Morgan fingerprint density at radius 2 is 2.18 bits per heavy atom. The molecule has 0 saturated heterocycles. The van der Waals surface area contributed by atoms with Crippen molar-refractivity contribution in [2.24, 2.45) is 12.5 Å². The van der Waals surface area contributed by atoms with Crippen LogP contribution in [-0.2, 0) is 23.4 Å². The topological polar surface area (TPSA) is 51.1 Å². The van der Waals surface area contributed by atoms with Crippen LogP contribution in [0.25, 0.3) is 0 Å². The standard InChI is InChI=1S/C12H20N2O2S/c1-14-7-3-4-11(14)8-13-9-12(5-6-12)10-17(2,15)16/h3-4,7,13H,5-6,8-10H2,1-2H3. The van der Waals surface area contributed by atoms with Crippen molar-refractivity contribution in [2.45, 2.75) is 19.4 Å². The van der Waals surface area contributed by atoms with Gasteiger partial charge in [0.25, 0.3) is 0 Å². The first kappa shape index (κ1) is 12.6. The molecular formula is C12H20N2O2S. The van der Waals surface area contributed by atoms with Crippen LogP contribution in [0.1, 0.15) is 18.5 Å². The first-order valence-corrected chi connectivity index (χ1v) is 7.95. The van der Waals surface area contributed by atoms with Crippen LogP contribution in [0, 0.1) is 5.41 Å². The van der Waals surface area contributed by atoms with E-state index in [2.05, 4.69) is 16.0 Å². The van der Waals surface area contributed by atoms with Crippen LogP contribution < -0.4 is 5.32 Å². The van der Waals surface area contributed by atoms with Crippen molar-refractivity contribution in [2.75, 3.05) is 18.6 Å². The molecule has 0 radical (unpaired) electrons. The first-order chi connectivity index (χ1) is 7.90. The Labute approximate surface area is 103 Å². The van der Waals surface area contributed by atoms with Crippen LogP contribution in [0.5, 0.6) is 0 Å². The molecule has 0 bridgehead atoms. The molecule has 1 heterocycles. The molecule has 0 unspecified atom stereocenters. The summed E-state index contributed by atoms with van der Waals surface area (Å²) >= 11 is 0. The molecule has 1 aromatic rings. The quantitative estimate of drug-likeness (QED) is 0.824. The smallest absolute Gasteiger partial charge is 0.148 e. The summed E-state index contributed by atoms with van der Waals surface area (Å²) in [7, 11) is -0.843. The summed E-state index contributed by atoms with van der Waals surface area (Å²) in [5, 5.41) is 3.37. The van der Waals surface area contributed by atoms with E-state index in [4.69, 9.17) is 0 Å². The molecule has 0 amide bonds. The molecule has 1 aliphatic carbocycles. The molecule has 17 heavy (non-hydrogen) atoms. The van der Waals surface area contributed by atoms with Crippen LogP contribution >= 0.6 is 0 Å². The maximum atomic E-state index is 11.3. The van der Waals surface area contributed by atoms with Crippen molar-refractivity contribution in [1.29, 1.82) is 0 Å². The van der Waals surface area contributed by atoms with E-state index in [1.165, 1.54) is 11.9 Å². The third-order valence-electron chi connectivity index (χ3n) is 3.38. The van der Waals surface area contributed by atoms with Crippen molar-refractivity contribution < 1.29 is 8.42 Å². The minimum atomic E-state index is -2.86. The molecule has 0 aliphatic heterocycles. The Bertz CT molecular complexity index is 486. The fourth-order valence-electron chi connectivity index (χ4n) is 2.24. The number of aryl methyl sites for hydroxylation is 1. The highest BCUT2D eigenvalue weighted by Gasteiger charge is 2.44. The van der Waals surface area contributed by atoms with E-state index in [-0.39, 0.29) is 5.41 Å². The van der Waals surface area contributed by atoms with E-state index >= 15 is 0 Å². The molecule has 0 atom stereocenters. The number of aromatic nitrogens is 1. The summed E-state index contributed by atoms with van der Waals surface area (Å²) in [6, 6.07) is 4.09. The van der Waals surface area contributed by atoms with Gasteiger partial charge in [-0.1, -0.05) is 0 Å². The predicted molar refractivity (Wildman–Crippen MR) is 68.5 cm³/mol. The zero-order valence-electron chi connectivity index (χ0n) is 10.4. The molecular weight excluding hydrogens is 236 g/mol. The van der Waals surface area contributed by atoms with Gasteiger partial charge in [0.1, 0.15) is 9.84 Å². The molecule has 4 nitrogen and oxygen atoms in total. The fourth-order valence-corrected chi connectivity index (χ4v) is 3.74. The normalized spacial score (nSPS) is 18.2. The third kappa shape index (κ3) is 3.57. The molecule has 0 aromatic carbocycles. The maximum Gasteiger partial charge on any atom is 0.148 e. The second kappa shape index (κ2) is 4.46. The van der Waals surface area contributed by atoms with Crippen molar-refractivity contribution in [3.8, 4) is 0 Å². The highest BCUT2D eigenvalue weighted by atomic mass is 32.2. The van der Waals surface area contributed by atoms with Crippen LogP contribution in [0.15, 0.2) is 18.3 Å². The Morgan fingerprint density at radius 3 is 2.65 bits per heavy atom. The molecule has 96 valence electrons. The van der Waals surface area contributed by atoms with Crippen molar-refractivity contribution in [3.05, 3.63) is 24.0 Å². The Balaban J connectivity index is 1.81. The largest absolute Gasteiger partial charge is 0.353 e. The number of rotatable bonds is 6. The summed E-state index contributed by atoms with van der Waals surface area (Å²) in [5.41, 5.74) is 1.24. The van der Waals surface area contributed by atoms with Gasteiger partial charge in [0.2, 0.25) is 0 Å². The van der Waals surface area contributed by atoms with Gasteiger partial charge in [0, 0.05) is 38.3 Å². The highest BCUT2D eigenvalue weighted by Crippen LogP contribution is 2.46. The van der Waals surface area contributed by atoms with Gasteiger partial charge < -0.3 is 9.88 Å². The first-order valence-electron chi connectivity index (χ1n) is 5.89. The number of hydrogen-bond acceptors (Lipinski definition) is 3. The predicted octanol–water partition coefficient (Wildman–Crippen LogP) is 0.940. The molecule has 1 fully saturated rings.